The summed E-state index contributed by atoms with van der Waals surface area (Å²) in [5.41, 5.74) is -0.444. The van der Waals surface area contributed by atoms with E-state index in [2.05, 4.69) is 0 Å². The monoisotopic (exact) mass is 202 g/mol. The highest BCUT2D eigenvalue weighted by Crippen LogP contribution is 2.15. The van der Waals surface area contributed by atoms with Crippen LogP contribution in [0.15, 0.2) is 0 Å². The molecule has 0 aliphatic carbocycles. The average molecular weight is 202 g/mol. The van der Waals surface area contributed by atoms with E-state index in [9.17, 15) is 9.59 Å². The number of carbonyl (C=O) groups is 2. The van der Waals surface area contributed by atoms with Crippen LogP contribution in [-0.4, -0.2) is 22.6 Å². The summed E-state index contributed by atoms with van der Waals surface area (Å²) in [6, 6.07) is 0. The lowest BCUT2D eigenvalue weighted by molar-refractivity contribution is -0.156. The van der Waals surface area contributed by atoms with E-state index in [0.29, 0.717) is 6.42 Å². The fourth-order valence-electron chi connectivity index (χ4n) is 0.815. The third-order valence-corrected chi connectivity index (χ3v) is 2.01. The Morgan fingerprint density at radius 1 is 1.29 bits per heavy atom. The summed E-state index contributed by atoms with van der Waals surface area (Å²) in [6.07, 6.45) is 1.28. The van der Waals surface area contributed by atoms with Gasteiger partial charge in [-0.2, -0.15) is 0 Å². The molecular weight excluding hydrogens is 184 g/mol. The normalized spacial score (nSPS) is 11.1. The summed E-state index contributed by atoms with van der Waals surface area (Å²) in [7, 11) is 0. The van der Waals surface area contributed by atoms with Crippen LogP contribution >= 0.6 is 0 Å². The number of rotatable bonds is 6. The van der Waals surface area contributed by atoms with Crippen LogP contribution in [0.2, 0.25) is 0 Å². The van der Waals surface area contributed by atoms with Crippen molar-refractivity contribution in [2.75, 3.05) is 0 Å². The fraction of sp³-hybridized carbons (Fsp3) is 0.800. The van der Waals surface area contributed by atoms with Crippen LogP contribution in [0.3, 0.4) is 0 Å². The van der Waals surface area contributed by atoms with Gasteiger partial charge in [0, 0.05) is 12.8 Å². The van der Waals surface area contributed by atoms with E-state index in [1.54, 1.807) is 0 Å². The van der Waals surface area contributed by atoms with Gasteiger partial charge in [-0.3, -0.25) is 9.59 Å². The van der Waals surface area contributed by atoms with Crippen LogP contribution in [0.25, 0.3) is 0 Å². The van der Waals surface area contributed by atoms with E-state index in [0.717, 1.165) is 6.42 Å². The van der Waals surface area contributed by atoms with Crippen molar-refractivity contribution in [3.8, 4) is 0 Å². The van der Waals surface area contributed by atoms with E-state index >= 15 is 0 Å². The summed E-state index contributed by atoms with van der Waals surface area (Å²) in [6.45, 7) is 5.61. The predicted molar refractivity (Wildman–Crippen MR) is 51.9 cm³/mol. The Morgan fingerprint density at radius 2 is 1.86 bits per heavy atom. The van der Waals surface area contributed by atoms with E-state index in [4.69, 9.17) is 9.84 Å². The number of hydrogen-bond donors (Lipinski definition) is 1. The molecule has 0 spiro atoms. The number of carboxylic acids is 1. The minimum absolute atomic E-state index is 0.0155. The van der Waals surface area contributed by atoms with Crippen molar-refractivity contribution in [3.05, 3.63) is 0 Å². The smallest absolute Gasteiger partial charge is 0.306 e. The van der Waals surface area contributed by atoms with Crippen LogP contribution in [-0.2, 0) is 14.3 Å². The largest absolute Gasteiger partial charge is 0.481 e. The maximum atomic E-state index is 11.2. The molecule has 1 N–H and O–H groups in total. The lowest BCUT2D eigenvalue weighted by Crippen LogP contribution is -2.26. The van der Waals surface area contributed by atoms with Gasteiger partial charge in [0.2, 0.25) is 0 Å². The fourth-order valence-corrected chi connectivity index (χ4v) is 0.815. The first-order valence-corrected chi connectivity index (χ1v) is 4.81. The van der Waals surface area contributed by atoms with Crippen molar-refractivity contribution in [1.82, 2.24) is 0 Å². The Morgan fingerprint density at radius 3 is 2.29 bits per heavy atom. The molecule has 0 bridgehead atoms. The second kappa shape index (κ2) is 5.62. The highest BCUT2D eigenvalue weighted by atomic mass is 16.6. The average Bonchev–Trinajstić information content (AvgIpc) is 2.02. The molecule has 0 rings (SSSR count). The van der Waals surface area contributed by atoms with Gasteiger partial charge in [-0.15, -0.1) is 0 Å². The Labute approximate surface area is 84.3 Å². The molecule has 0 fully saturated rings. The Hall–Kier alpha value is -1.06. The molecule has 0 unspecified atom stereocenters. The first-order chi connectivity index (χ1) is 6.37. The van der Waals surface area contributed by atoms with Gasteiger partial charge >= 0.3 is 11.9 Å². The lowest BCUT2D eigenvalue weighted by Gasteiger charge is -2.23. The molecule has 0 heterocycles. The minimum atomic E-state index is -0.882. The van der Waals surface area contributed by atoms with E-state index in [-0.39, 0.29) is 18.8 Å². The molecule has 4 heteroatoms. The van der Waals surface area contributed by atoms with Crippen LogP contribution < -0.4 is 0 Å². The van der Waals surface area contributed by atoms with Crippen molar-refractivity contribution in [1.29, 1.82) is 0 Å². The molecule has 14 heavy (non-hydrogen) atoms. The molecule has 82 valence electrons. The zero-order chi connectivity index (χ0) is 11.2. The SMILES string of the molecule is CCC(C)(C)OC(=O)CCCC(=O)O. The molecule has 0 aliphatic heterocycles. The van der Waals surface area contributed by atoms with Gasteiger partial charge in [0.25, 0.3) is 0 Å². The Kier molecular flexibility index (Phi) is 5.20. The minimum Gasteiger partial charge on any atom is -0.481 e. The van der Waals surface area contributed by atoms with Crippen LogP contribution in [0, 0.1) is 0 Å². The van der Waals surface area contributed by atoms with E-state index in [1.807, 2.05) is 20.8 Å². The number of hydrogen-bond acceptors (Lipinski definition) is 3. The molecule has 0 aromatic carbocycles. The van der Waals surface area contributed by atoms with Gasteiger partial charge in [-0.1, -0.05) is 6.92 Å². The number of ether oxygens (including phenoxy) is 1. The standard InChI is InChI=1S/C10H18O4/c1-4-10(2,3)14-9(13)7-5-6-8(11)12/h4-7H2,1-3H3,(H,11,12). The van der Waals surface area contributed by atoms with Crippen LogP contribution in [0.1, 0.15) is 46.5 Å². The maximum absolute atomic E-state index is 11.2. The number of carbonyl (C=O) groups excluding carboxylic acids is 1. The van der Waals surface area contributed by atoms with Crippen LogP contribution in [0.4, 0.5) is 0 Å². The van der Waals surface area contributed by atoms with Crippen LogP contribution in [0.5, 0.6) is 0 Å². The van der Waals surface area contributed by atoms with E-state index in [1.165, 1.54) is 0 Å². The summed E-state index contributed by atoms with van der Waals surface area (Å²) in [4.78, 5) is 21.4. The van der Waals surface area contributed by atoms with Gasteiger partial charge in [-0.25, -0.2) is 0 Å². The highest BCUT2D eigenvalue weighted by molar-refractivity contribution is 5.71. The molecule has 0 aliphatic rings. The van der Waals surface area contributed by atoms with Gasteiger partial charge in [-0.05, 0) is 26.7 Å². The molecule has 0 amide bonds. The third kappa shape index (κ3) is 6.46. The summed E-state index contributed by atoms with van der Waals surface area (Å²) in [5.74, 6) is -1.20. The quantitative estimate of drug-likeness (QED) is 0.669. The van der Waals surface area contributed by atoms with Crippen molar-refractivity contribution < 1.29 is 19.4 Å². The van der Waals surface area contributed by atoms with Crippen molar-refractivity contribution in [2.24, 2.45) is 0 Å². The predicted octanol–water partition coefficient (Wildman–Crippen LogP) is 1.97. The molecule has 4 nitrogen and oxygen atoms in total. The Bertz CT molecular complexity index is 208. The number of aliphatic carboxylic acids is 1. The second-order valence-electron chi connectivity index (χ2n) is 3.83. The highest BCUT2D eigenvalue weighted by Gasteiger charge is 2.19. The van der Waals surface area contributed by atoms with Gasteiger partial charge in [0.05, 0.1) is 0 Å². The van der Waals surface area contributed by atoms with Crippen molar-refractivity contribution in [3.63, 3.8) is 0 Å². The molecule has 0 atom stereocenters. The Balaban J connectivity index is 3.71. The molecule has 0 saturated heterocycles. The zero-order valence-corrected chi connectivity index (χ0v) is 9.00. The molecule has 0 radical (unpaired) electrons. The van der Waals surface area contributed by atoms with Gasteiger partial charge in [0.15, 0.2) is 0 Å². The first kappa shape index (κ1) is 12.9. The molecule has 0 saturated carbocycles. The number of carboxylic acid groups (broad SMARTS) is 1. The third-order valence-electron chi connectivity index (χ3n) is 2.01. The molecular formula is C10H18O4. The number of esters is 1. The topological polar surface area (TPSA) is 63.6 Å². The summed E-state index contributed by atoms with van der Waals surface area (Å²) >= 11 is 0. The van der Waals surface area contributed by atoms with Crippen molar-refractivity contribution >= 4 is 11.9 Å². The van der Waals surface area contributed by atoms with Gasteiger partial charge in [0.1, 0.15) is 5.60 Å². The van der Waals surface area contributed by atoms with Crippen molar-refractivity contribution in [2.45, 2.75) is 52.1 Å². The second-order valence-corrected chi connectivity index (χ2v) is 3.83. The zero-order valence-electron chi connectivity index (χ0n) is 9.00. The van der Waals surface area contributed by atoms with Gasteiger partial charge < -0.3 is 9.84 Å². The lowest BCUT2D eigenvalue weighted by atomic mass is 10.1. The summed E-state index contributed by atoms with van der Waals surface area (Å²) < 4.78 is 5.14. The maximum Gasteiger partial charge on any atom is 0.306 e. The molecule has 0 aromatic heterocycles. The first-order valence-electron chi connectivity index (χ1n) is 4.81. The summed E-state index contributed by atoms with van der Waals surface area (Å²) in [5, 5.41) is 8.35. The van der Waals surface area contributed by atoms with E-state index < -0.39 is 11.6 Å². The molecule has 0 aromatic rings.